The molecule has 21 heavy (non-hydrogen) atoms. The van der Waals surface area contributed by atoms with E-state index < -0.39 is 5.82 Å². The van der Waals surface area contributed by atoms with E-state index in [9.17, 15) is 9.18 Å². The van der Waals surface area contributed by atoms with Crippen molar-refractivity contribution in [1.82, 2.24) is 5.32 Å². The lowest BCUT2D eigenvalue weighted by molar-refractivity contribution is -0.117. The SMILES string of the molecule is CC(CC(=O)Nc1ccc(Cl)c(F)c1)C1CCCNC1.Cl. The molecule has 2 atom stereocenters. The number of carbonyl (C=O) groups excluding carboxylic acids is 1. The van der Waals surface area contributed by atoms with Gasteiger partial charge in [-0.2, -0.15) is 0 Å². The van der Waals surface area contributed by atoms with Crippen molar-refractivity contribution >= 4 is 35.6 Å². The van der Waals surface area contributed by atoms with Crippen molar-refractivity contribution in [1.29, 1.82) is 0 Å². The number of piperidine rings is 1. The largest absolute Gasteiger partial charge is 0.326 e. The summed E-state index contributed by atoms with van der Waals surface area (Å²) < 4.78 is 13.3. The number of hydrogen-bond donors (Lipinski definition) is 2. The van der Waals surface area contributed by atoms with E-state index in [4.69, 9.17) is 11.6 Å². The highest BCUT2D eigenvalue weighted by Gasteiger charge is 2.22. The lowest BCUT2D eigenvalue weighted by Crippen LogP contribution is -2.34. The number of anilines is 1. The Labute approximate surface area is 136 Å². The summed E-state index contributed by atoms with van der Waals surface area (Å²) in [4.78, 5) is 12.0. The Bertz CT molecular complexity index is 479. The second-order valence-electron chi connectivity index (χ2n) is 5.46. The van der Waals surface area contributed by atoms with Crippen molar-refractivity contribution in [3.05, 3.63) is 29.0 Å². The van der Waals surface area contributed by atoms with Gasteiger partial charge >= 0.3 is 0 Å². The molecule has 3 nitrogen and oxygen atoms in total. The van der Waals surface area contributed by atoms with Crippen LogP contribution >= 0.6 is 24.0 Å². The smallest absolute Gasteiger partial charge is 0.224 e. The van der Waals surface area contributed by atoms with E-state index in [-0.39, 0.29) is 23.3 Å². The van der Waals surface area contributed by atoms with E-state index in [0.29, 0.717) is 23.9 Å². The van der Waals surface area contributed by atoms with Crippen LogP contribution < -0.4 is 10.6 Å². The molecule has 1 aromatic rings. The monoisotopic (exact) mass is 334 g/mol. The fraction of sp³-hybridized carbons (Fsp3) is 0.533. The average molecular weight is 335 g/mol. The van der Waals surface area contributed by atoms with Crippen LogP contribution in [0.5, 0.6) is 0 Å². The van der Waals surface area contributed by atoms with Gasteiger partial charge in [0.2, 0.25) is 5.91 Å². The van der Waals surface area contributed by atoms with Crippen LogP contribution in [0.1, 0.15) is 26.2 Å². The Balaban J connectivity index is 0.00000220. The highest BCUT2D eigenvalue weighted by Crippen LogP contribution is 2.24. The molecule has 6 heteroatoms. The highest BCUT2D eigenvalue weighted by molar-refractivity contribution is 6.30. The van der Waals surface area contributed by atoms with Crippen molar-refractivity contribution in [3.63, 3.8) is 0 Å². The molecule has 2 unspecified atom stereocenters. The van der Waals surface area contributed by atoms with Gasteiger partial charge in [0.1, 0.15) is 5.82 Å². The van der Waals surface area contributed by atoms with Crippen molar-refractivity contribution in [2.24, 2.45) is 11.8 Å². The quantitative estimate of drug-likeness (QED) is 0.877. The van der Waals surface area contributed by atoms with Gasteiger partial charge in [0.15, 0.2) is 0 Å². The van der Waals surface area contributed by atoms with Crippen molar-refractivity contribution < 1.29 is 9.18 Å². The summed E-state index contributed by atoms with van der Waals surface area (Å²) in [5.74, 6) is 0.259. The van der Waals surface area contributed by atoms with Crippen LogP contribution in [0.2, 0.25) is 5.02 Å². The van der Waals surface area contributed by atoms with E-state index in [1.165, 1.54) is 18.6 Å². The van der Waals surface area contributed by atoms with Crippen LogP contribution in [-0.2, 0) is 4.79 Å². The minimum atomic E-state index is -0.519. The van der Waals surface area contributed by atoms with Crippen LogP contribution in [-0.4, -0.2) is 19.0 Å². The molecule has 0 spiro atoms. The molecule has 0 aromatic heterocycles. The van der Waals surface area contributed by atoms with Gasteiger partial charge in [-0.1, -0.05) is 18.5 Å². The second kappa shape index (κ2) is 8.57. The summed E-state index contributed by atoms with van der Waals surface area (Å²) in [6, 6.07) is 4.30. The molecule has 1 saturated heterocycles. The van der Waals surface area contributed by atoms with Gasteiger partial charge in [0.05, 0.1) is 5.02 Å². The van der Waals surface area contributed by atoms with Crippen LogP contribution in [0.3, 0.4) is 0 Å². The predicted molar refractivity (Wildman–Crippen MR) is 86.7 cm³/mol. The average Bonchev–Trinajstić information content (AvgIpc) is 2.44. The molecule has 2 N–H and O–H groups in total. The van der Waals surface area contributed by atoms with Gasteiger partial charge in [-0.05, 0) is 56.0 Å². The van der Waals surface area contributed by atoms with Gasteiger partial charge in [0.25, 0.3) is 0 Å². The van der Waals surface area contributed by atoms with E-state index in [0.717, 1.165) is 19.5 Å². The topological polar surface area (TPSA) is 41.1 Å². The maximum atomic E-state index is 13.3. The first-order valence-electron chi connectivity index (χ1n) is 7.02. The third-order valence-electron chi connectivity index (χ3n) is 3.85. The van der Waals surface area contributed by atoms with Gasteiger partial charge in [-0.3, -0.25) is 4.79 Å². The van der Waals surface area contributed by atoms with Crippen LogP contribution in [0, 0.1) is 17.7 Å². The van der Waals surface area contributed by atoms with Gasteiger partial charge in [-0.25, -0.2) is 4.39 Å². The first-order valence-corrected chi connectivity index (χ1v) is 7.39. The number of carbonyl (C=O) groups is 1. The molecule has 118 valence electrons. The molecule has 1 aliphatic rings. The van der Waals surface area contributed by atoms with Gasteiger partial charge in [-0.15, -0.1) is 12.4 Å². The summed E-state index contributed by atoms with van der Waals surface area (Å²) >= 11 is 5.61. The molecule has 1 amide bonds. The van der Waals surface area contributed by atoms with Crippen molar-refractivity contribution in [2.75, 3.05) is 18.4 Å². The summed E-state index contributed by atoms with van der Waals surface area (Å²) in [6.45, 7) is 4.14. The first kappa shape index (κ1) is 18.2. The summed E-state index contributed by atoms with van der Waals surface area (Å²) in [6.07, 6.45) is 2.78. The molecule has 0 bridgehead atoms. The molecular formula is C15H21Cl2FN2O. The highest BCUT2D eigenvalue weighted by atomic mass is 35.5. The Morgan fingerprint density at radius 2 is 2.33 bits per heavy atom. The zero-order valence-electron chi connectivity index (χ0n) is 12.0. The van der Waals surface area contributed by atoms with E-state index in [1.807, 2.05) is 0 Å². The molecule has 1 heterocycles. The number of halogens is 3. The Morgan fingerprint density at radius 1 is 1.57 bits per heavy atom. The van der Waals surface area contributed by atoms with Crippen LogP contribution in [0.25, 0.3) is 0 Å². The molecule has 2 rings (SSSR count). The molecule has 0 aliphatic carbocycles. The maximum Gasteiger partial charge on any atom is 0.224 e. The first-order chi connectivity index (χ1) is 9.56. The Kier molecular flexibility index (Phi) is 7.43. The van der Waals surface area contributed by atoms with E-state index in [1.54, 1.807) is 6.07 Å². The fourth-order valence-corrected chi connectivity index (χ4v) is 2.73. The van der Waals surface area contributed by atoms with Crippen molar-refractivity contribution in [2.45, 2.75) is 26.2 Å². The minimum absolute atomic E-state index is 0. The second-order valence-corrected chi connectivity index (χ2v) is 5.87. The lowest BCUT2D eigenvalue weighted by Gasteiger charge is -2.28. The standard InChI is InChI=1S/C15H20ClFN2O.ClH/c1-10(11-3-2-6-18-9-11)7-15(20)19-12-4-5-13(16)14(17)8-12;/h4-5,8,10-11,18H,2-3,6-7,9H2,1H3,(H,19,20);1H. The molecule has 1 fully saturated rings. The number of benzene rings is 1. The van der Waals surface area contributed by atoms with Crippen molar-refractivity contribution in [3.8, 4) is 0 Å². The number of hydrogen-bond acceptors (Lipinski definition) is 2. The number of nitrogens with one attached hydrogen (secondary N) is 2. The normalized spacial score (nSPS) is 19.5. The molecule has 0 radical (unpaired) electrons. The van der Waals surface area contributed by atoms with Crippen LogP contribution in [0.15, 0.2) is 18.2 Å². The molecule has 1 aliphatic heterocycles. The van der Waals surface area contributed by atoms with Gasteiger partial charge < -0.3 is 10.6 Å². The van der Waals surface area contributed by atoms with Crippen LogP contribution in [0.4, 0.5) is 10.1 Å². The number of amides is 1. The molecule has 1 aromatic carbocycles. The lowest BCUT2D eigenvalue weighted by atomic mass is 9.85. The summed E-state index contributed by atoms with van der Waals surface area (Å²) in [5.41, 5.74) is 0.450. The Hall–Kier alpha value is -0.840. The summed E-state index contributed by atoms with van der Waals surface area (Å²) in [7, 11) is 0. The maximum absolute atomic E-state index is 13.3. The Morgan fingerprint density at radius 3 is 2.95 bits per heavy atom. The third kappa shape index (κ3) is 5.46. The zero-order chi connectivity index (χ0) is 14.5. The number of rotatable bonds is 4. The zero-order valence-corrected chi connectivity index (χ0v) is 13.6. The fourth-order valence-electron chi connectivity index (χ4n) is 2.61. The molecular weight excluding hydrogens is 314 g/mol. The predicted octanol–water partition coefficient (Wildman–Crippen LogP) is 3.87. The van der Waals surface area contributed by atoms with E-state index >= 15 is 0 Å². The minimum Gasteiger partial charge on any atom is -0.326 e. The third-order valence-corrected chi connectivity index (χ3v) is 4.16. The molecule has 0 saturated carbocycles. The van der Waals surface area contributed by atoms with E-state index in [2.05, 4.69) is 17.6 Å². The van der Waals surface area contributed by atoms with Gasteiger partial charge in [0, 0.05) is 12.1 Å². The summed E-state index contributed by atoms with van der Waals surface area (Å²) in [5, 5.41) is 6.14.